The normalized spacial score (nSPS) is 14.2. The van der Waals surface area contributed by atoms with Crippen molar-refractivity contribution in [3.63, 3.8) is 0 Å². The lowest BCUT2D eigenvalue weighted by molar-refractivity contribution is -0.143. The van der Waals surface area contributed by atoms with Gasteiger partial charge in [0.1, 0.15) is 5.82 Å². The fourth-order valence-corrected chi connectivity index (χ4v) is 1.32. The number of hydrogen-bond donors (Lipinski definition) is 2. The Kier molecular flexibility index (Phi) is 3.84. The van der Waals surface area contributed by atoms with Crippen molar-refractivity contribution in [3.05, 3.63) is 30.1 Å². The van der Waals surface area contributed by atoms with Crippen molar-refractivity contribution in [1.82, 2.24) is 0 Å². The number of rotatable bonds is 5. The molecule has 0 radical (unpaired) electrons. The van der Waals surface area contributed by atoms with E-state index in [9.17, 15) is 9.18 Å². The number of carboxylic acids is 1. The van der Waals surface area contributed by atoms with Gasteiger partial charge in [0.2, 0.25) is 0 Å². The number of anilines is 1. The number of nitrogens with one attached hydrogen (secondary N) is 1. The third kappa shape index (κ3) is 2.93. The van der Waals surface area contributed by atoms with E-state index in [-0.39, 0.29) is 6.61 Å². The molecular weight excluding hydrogens is 213 g/mol. The minimum Gasteiger partial charge on any atom is -0.479 e. The zero-order chi connectivity index (χ0) is 12.2. The molecule has 0 heterocycles. The van der Waals surface area contributed by atoms with Gasteiger partial charge < -0.3 is 15.2 Å². The molecule has 4 nitrogen and oxygen atoms in total. The molecular formula is C11H14FNO3. The molecule has 0 saturated heterocycles. The average Bonchev–Trinajstić information content (AvgIpc) is 2.17. The van der Waals surface area contributed by atoms with Crippen LogP contribution in [0.15, 0.2) is 24.3 Å². The van der Waals surface area contributed by atoms with Gasteiger partial charge in [-0.15, -0.1) is 0 Å². The van der Waals surface area contributed by atoms with Crippen molar-refractivity contribution in [1.29, 1.82) is 0 Å². The summed E-state index contributed by atoms with van der Waals surface area (Å²) >= 11 is 0. The second kappa shape index (κ2) is 4.94. The van der Waals surface area contributed by atoms with Crippen molar-refractivity contribution < 1.29 is 19.0 Å². The number of methoxy groups -OCH3 is 1. The van der Waals surface area contributed by atoms with Crippen molar-refractivity contribution in [3.8, 4) is 0 Å². The second-order valence-electron chi connectivity index (χ2n) is 3.71. The summed E-state index contributed by atoms with van der Waals surface area (Å²) in [5, 5.41) is 11.8. The molecule has 0 aliphatic rings. The maximum absolute atomic E-state index is 12.9. The van der Waals surface area contributed by atoms with Crippen LogP contribution in [0, 0.1) is 5.82 Å². The summed E-state index contributed by atoms with van der Waals surface area (Å²) in [5.41, 5.74) is -0.871. The van der Waals surface area contributed by atoms with E-state index in [1.807, 2.05) is 0 Å². The van der Waals surface area contributed by atoms with Gasteiger partial charge in [0.05, 0.1) is 6.61 Å². The van der Waals surface area contributed by atoms with Gasteiger partial charge in [-0.1, -0.05) is 6.07 Å². The fourth-order valence-electron chi connectivity index (χ4n) is 1.32. The molecule has 1 aromatic rings. The summed E-state index contributed by atoms with van der Waals surface area (Å²) < 4.78 is 17.7. The molecule has 1 atom stereocenters. The summed E-state index contributed by atoms with van der Waals surface area (Å²) in [7, 11) is 1.41. The predicted octanol–water partition coefficient (Wildman–Crippen LogP) is 1.73. The molecule has 0 aromatic heterocycles. The molecule has 0 fully saturated rings. The van der Waals surface area contributed by atoms with Gasteiger partial charge in [-0.05, 0) is 25.1 Å². The highest BCUT2D eigenvalue weighted by Crippen LogP contribution is 2.17. The van der Waals surface area contributed by atoms with Gasteiger partial charge in [-0.25, -0.2) is 9.18 Å². The van der Waals surface area contributed by atoms with Crippen molar-refractivity contribution in [2.45, 2.75) is 12.5 Å². The van der Waals surface area contributed by atoms with E-state index in [4.69, 9.17) is 9.84 Å². The second-order valence-corrected chi connectivity index (χ2v) is 3.71. The van der Waals surface area contributed by atoms with Crippen LogP contribution in [-0.4, -0.2) is 30.3 Å². The molecule has 1 aromatic carbocycles. The van der Waals surface area contributed by atoms with Crippen LogP contribution in [0.25, 0.3) is 0 Å². The maximum Gasteiger partial charge on any atom is 0.331 e. The quantitative estimate of drug-likeness (QED) is 0.804. The summed E-state index contributed by atoms with van der Waals surface area (Å²) in [5.74, 6) is -1.48. The summed E-state index contributed by atoms with van der Waals surface area (Å²) in [4.78, 5) is 11.1. The lowest BCUT2D eigenvalue weighted by Gasteiger charge is -2.26. The summed E-state index contributed by atoms with van der Waals surface area (Å²) in [6.45, 7) is 1.46. The Labute approximate surface area is 93.0 Å². The lowest BCUT2D eigenvalue weighted by Crippen LogP contribution is -2.47. The molecule has 0 spiro atoms. The molecule has 0 bridgehead atoms. The molecule has 1 rings (SSSR count). The summed E-state index contributed by atoms with van der Waals surface area (Å²) in [6, 6.07) is 5.63. The highest BCUT2D eigenvalue weighted by molar-refractivity contribution is 5.82. The third-order valence-electron chi connectivity index (χ3n) is 2.15. The third-order valence-corrected chi connectivity index (χ3v) is 2.15. The molecule has 0 aliphatic heterocycles. The van der Waals surface area contributed by atoms with E-state index >= 15 is 0 Å². The van der Waals surface area contributed by atoms with E-state index in [1.165, 1.54) is 32.2 Å². The number of benzene rings is 1. The van der Waals surface area contributed by atoms with E-state index in [0.29, 0.717) is 5.69 Å². The molecule has 0 saturated carbocycles. The SMILES string of the molecule is COCC(C)(Nc1cccc(F)c1)C(=O)O. The van der Waals surface area contributed by atoms with Crippen LogP contribution in [0.2, 0.25) is 0 Å². The number of ether oxygens (including phenoxy) is 1. The van der Waals surface area contributed by atoms with Crippen LogP contribution in [0.4, 0.5) is 10.1 Å². The Morgan fingerprint density at radius 1 is 1.62 bits per heavy atom. The highest BCUT2D eigenvalue weighted by Gasteiger charge is 2.33. The number of carbonyl (C=O) groups is 1. The molecule has 2 N–H and O–H groups in total. The van der Waals surface area contributed by atoms with Crippen LogP contribution in [-0.2, 0) is 9.53 Å². The van der Waals surface area contributed by atoms with E-state index in [1.54, 1.807) is 6.07 Å². The van der Waals surface area contributed by atoms with Gasteiger partial charge in [0.25, 0.3) is 0 Å². The Balaban J connectivity index is 2.87. The van der Waals surface area contributed by atoms with Crippen LogP contribution in [0.3, 0.4) is 0 Å². The van der Waals surface area contributed by atoms with Gasteiger partial charge in [0.15, 0.2) is 5.54 Å². The summed E-state index contributed by atoms with van der Waals surface area (Å²) in [6.07, 6.45) is 0. The Morgan fingerprint density at radius 2 is 2.31 bits per heavy atom. The van der Waals surface area contributed by atoms with Gasteiger partial charge >= 0.3 is 5.97 Å². The minimum absolute atomic E-state index is 0.0150. The van der Waals surface area contributed by atoms with E-state index in [0.717, 1.165) is 0 Å². The minimum atomic E-state index is -1.28. The number of carboxylic acid groups (broad SMARTS) is 1. The zero-order valence-corrected chi connectivity index (χ0v) is 9.16. The maximum atomic E-state index is 12.9. The van der Waals surface area contributed by atoms with Crippen LogP contribution < -0.4 is 5.32 Å². The zero-order valence-electron chi connectivity index (χ0n) is 9.16. The lowest BCUT2D eigenvalue weighted by atomic mass is 10.0. The fraction of sp³-hybridized carbons (Fsp3) is 0.364. The van der Waals surface area contributed by atoms with Crippen molar-refractivity contribution in [2.24, 2.45) is 0 Å². The monoisotopic (exact) mass is 227 g/mol. The first-order valence-corrected chi connectivity index (χ1v) is 4.74. The smallest absolute Gasteiger partial charge is 0.331 e. The van der Waals surface area contributed by atoms with Crippen LogP contribution in [0.5, 0.6) is 0 Å². The van der Waals surface area contributed by atoms with Crippen molar-refractivity contribution in [2.75, 3.05) is 19.0 Å². The van der Waals surface area contributed by atoms with E-state index < -0.39 is 17.3 Å². The Hall–Kier alpha value is -1.62. The topological polar surface area (TPSA) is 58.6 Å². The molecule has 5 heteroatoms. The average molecular weight is 227 g/mol. The van der Waals surface area contributed by atoms with Gasteiger partial charge in [-0.3, -0.25) is 0 Å². The van der Waals surface area contributed by atoms with Crippen LogP contribution >= 0.6 is 0 Å². The Bertz CT molecular complexity index is 383. The first kappa shape index (κ1) is 12.4. The highest BCUT2D eigenvalue weighted by atomic mass is 19.1. The molecule has 1 unspecified atom stereocenters. The van der Waals surface area contributed by atoms with Crippen molar-refractivity contribution >= 4 is 11.7 Å². The number of aliphatic carboxylic acids is 1. The van der Waals surface area contributed by atoms with Gasteiger partial charge in [0, 0.05) is 12.8 Å². The van der Waals surface area contributed by atoms with Gasteiger partial charge in [-0.2, -0.15) is 0 Å². The first-order valence-electron chi connectivity index (χ1n) is 4.74. The first-order chi connectivity index (χ1) is 7.48. The largest absolute Gasteiger partial charge is 0.479 e. The molecule has 0 amide bonds. The number of halogens is 1. The van der Waals surface area contributed by atoms with E-state index in [2.05, 4.69) is 5.32 Å². The predicted molar refractivity (Wildman–Crippen MR) is 57.9 cm³/mol. The number of hydrogen-bond acceptors (Lipinski definition) is 3. The Morgan fingerprint density at radius 3 is 2.81 bits per heavy atom. The molecule has 88 valence electrons. The standard InChI is InChI=1S/C11H14FNO3/c1-11(7-16-2,10(14)15)13-9-5-3-4-8(12)6-9/h3-6,13H,7H2,1-2H3,(H,14,15). The van der Waals surface area contributed by atoms with Crippen LogP contribution in [0.1, 0.15) is 6.92 Å². The molecule has 16 heavy (non-hydrogen) atoms. The molecule has 0 aliphatic carbocycles.